The molecular weight excluding hydrogens is 344 g/mol. The van der Waals surface area contributed by atoms with Crippen LogP contribution < -0.4 is 14.8 Å². The number of hydrogen-bond acceptors (Lipinski definition) is 4. The Labute approximate surface area is 158 Å². The van der Waals surface area contributed by atoms with E-state index >= 15 is 0 Å². The minimum absolute atomic E-state index is 0.367. The molecule has 1 aromatic heterocycles. The summed E-state index contributed by atoms with van der Waals surface area (Å²) in [6.07, 6.45) is 2.26. The normalized spacial score (nSPS) is 12.1. The number of carboxylic acids is 1. The molecule has 0 aliphatic carbocycles. The molecule has 6 nitrogen and oxygen atoms in total. The van der Waals surface area contributed by atoms with Gasteiger partial charge in [-0.3, -0.25) is 10.1 Å². The van der Waals surface area contributed by atoms with Crippen LogP contribution in [-0.2, 0) is 17.8 Å². The van der Waals surface area contributed by atoms with Gasteiger partial charge >= 0.3 is 5.97 Å². The van der Waals surface area contributed by atoms with Crippen molar-refractivity contribution in [3.8, 4) is 11.5 Å². The van der Waals surface area contributed by atoms with Crippen LogP contribution in [0.3, 0.4) is 0 Å². The maximum atomic E-state index is 11.8. The van der Waals surface area contributed by atoms with Gasteiger partial charge in [0.25, 0.3) is 0 Å². The van der Waals surface area contributed by atoms with Crippen LogP contribution in [0.4, 0.5) is 0 Å². The third kappa shape index (κ3) is 4.23. The summed E-state index contributed by atoms with van der Waals surface area (Å²) in [7, 11) is 1.59. The molecule has 3 rings (SSSR count). The first-order valence-corrected chi connectivity index (χ1v) is 8.93. The maximum Gasteiger partial charge on any atom is 0.321 e. The lowest BCUT2D eigenvalue weighted by atomic mass is 10.0. The van der Waals surface area contributed by atoms with E-state index in [1.165, 1.54) is 0 Å². The van der Waals surface area contributed by atoms with Crippen molar-refractivity contribution in [2.24, 2.45) is 0 Å². The van der Waals surface area contributed by atoms with E-state index in [1.54, 1.807) is 7.11 Å². The van der Waals surface area contributed by atoms with E-state index < -0.39 is 12.0 Å². The fourth-order valence-electron chi connectivity index (χ4n) is 3.17. The van der Waals surface area contributed by atoms with E-state index in [0.717, 1.165) is 22.0 Å². The molecule has 0 radical (unpaired) electrons. The molecule has 0 amide bonds. The van der Waals surface area contributed by atoms with Gasteiger partial charge in [0.15, 0.2) is 11.5 Å². The van der Waals surface area contributed by atoms with E-state index in [9.17, 15) is 9.90 Å². The summed E-state index contributed by atoms with van der Waals surface area (Å²) in [4.78, 5) is 15.0. The number of carboxylic acid groups (broad SMARTS) is 1. The number of ether oxygens (including phenoxy) is 2. The number of aromatic amines is 1. The predicted molar refractivity (Wildman–Crippen MR) is 104 cm³/mol. The van der Waals surface area contributed by atoms with Gasteiger partial charge in [0.1, 0.15) is 6.04 Å². The van der Waals surface area contributed by atoms with Gasteiger partial charge in [-0.15, -0.1) is 0 Å². The molecular formula is C21H24N2O4. The SMILES string of the molecule is CCOc1c(CNC(Cc2c[nH]c3ccccc23)C(=O)O)cccc1OC. The molecule has 27 heavy (non-hydrogen) atoms. The Hall–Kier alpha value is -2.99. The van der Waals surface area contributed by atoms with Crippen LogP contribution in [0.2, 0.25) is 0 Å². The zero-order valence-corrected chi connectivity index (χ0v) is 15.5. The number of aromatic nitrogens is 1. The summed E-state index contributed by atoms with van der Waals surface area (Å²) in [6.45, 7) is 2.78. The molecule has 0 saturated carbocycles. The van der Waals surface area contributed by atoms with Crippen LogP contribution in [0.5, 0.6) is 11.5 Å². The molecule has 0 spiro atoms. The Morgan fingerprint density at radius 2 is 2.00 bits per heavy atom. The summed E-state index contributed by atoms with van der Waals surface area (Å²) in [6, 6.07) is 12.8. The lowest BCUT2D eigenvalue weighted by Gasteiger charge is -2.17. The molecule has 3 N–H and O–H groups in total. The highest BCUT2D eigenvalue weighted by Gasteiger charge is 2.20. The number of nitrogens with one attached hydrogen (secondary N) is 2. The quantitative estimate of drug-likeness (QED) is 0.539. The van der Waals surface area contributed by atoms with Gasteiger partial charge in [-0.1, -0.05) is 30.3 Å². The van der Waals surface area contributed by atoms with Crippen molar-refractivity contribution >= 4 is 16.9 Å². The van der Waals surface area contributed by atoms with E-state index in [4.69, 9.17) is 9.47 Å². The summed E-state index contributed by atoms with van der Waals surface area (Å²) >= 11 is 0. The lowest BCUT2D eigenvalue weighted by Crippen LogP contribution is -2.38. The van der Waals surface area contributed by atoms with Gasteiger partial charge in [0.05, 0.1) is 13.7 Å². The van der Waals surface area contributed by atoms with Gasteiger partial charge in [0, 0.05) is 35.6 Å². The molecule has 0 saturated heterocycles. The number of hydrogen-bond donors (Lipinski definition) is 3. The molecule has 1 heterocycles. The minimum atomic E-state index is -0.888. The van der Waals surface area contributed by atoms with Gasteiger partial charge in [-0.05, 0) is 24.6 Å². The van der Waals surface area contributed by atoms with Crippen LogP contribution in [0, 0.1) is 0 Å². The summed E-state index contributed by atoms with van der Waals surface area (Å²) in [5, 5.41) is 13.9. The molecule has 1 atom stereocenters. The third-order valence-electron chi connectivity index (χ3n) is 4.51. The van der Waals surface area contributed by atoms with Gasteiger partial charge < -0.3 is 19.6 Å². The van der Waals surface area contributed by atoms with Crippen LogP contribution in [0.25, 0.3) is 10.9 Å². The molecule has 3 aromatic rings. The molecule has 0 bridgehead atoms. The van der Waals surface area contributed by atoms with Crippen molar-refractivity contribution in [3.05, 3.63) is 59.8 Å². The highest BCUT2D eigenvalue weighted by atomic mass is 16.5. The average Bonchev–Trinajstić information content (AvgIpc) is 3.09. The van der Waals surface area contributed by atoms with Crippen LogP contribution in [0.15, 0.2) is 48.7 Å². The molecule has 0 aliphatic heterocycles. The highest BCUT2D eigenvalue weighted by molar-refractivity contribution is 5.84. The number of fused-ring (bicyclic) bond motifs is 1. The topological polar surface area (TPSA) is 83.6 Å². The fourth-order valence-corrected chi connectivity index (χ4v) is 3.17. The Bertz CT molecular complexity index is 919. The van der Waals surface area contributed by atoms with Crippen LogP contribution in [0.1, 0.15) is 18.1 Å². The molecule has 142 valence electrons. The number of para-hydroxylation sites is 2. The maximum absolute atomic E-state index is 11.8. The number of rotatable bonds is 9. The summed E-state index contributed by atoms with van der Waals surface area (Å²) < 4.78 is 11.1. The zero-order valence-electron chi connectivity index (χ0n) is 15.5. The monoisotopic (exact) mass is 368 g/mol. The Morgan fingerprint density at radius 1 is 1.19 bits per heavy atom. The fraction of sp³-hybridized carbons (Fsp3) is 0.286. The van der Waals surface area contributed by atoms with Crippen molar-refractivity contribution in [3.63, 3.8) is 0 Å². The predicted octanol–water partition coefficient (Wildman–Crippen LogP) is 3.36. The average molecular weight is 368 g/mol. The first-order chi connectivity index (χ1) is 13.1. The Morgan fingerprint density at radius 3 is 2.74 bits per heavy atom. The largest absolute Gasteiger partial charge is 0.493 e. The van der Waals surface area contributed by atoms with Crippen molar-refractivity contribution in [2.45, 2.75) is 25.9 Å². The highest BCUT2D eigenvalue weighted by Crippen LogP contribution is 2.31. The number of methoxy groups -OCH3 is 1. The first kappa shape index (κ1) is 18.8. The van der Waals surface area contributed by atoms with E-state index in [0.29, 0.717) is 31.1 Å². The van der Waals surface area contributed by atoms with Gasteiger partial charge in [-0.2, -0.15) is 0 Å². The van der Waals surface area contributed by atoms with Gasteiger partial charge in [0.2, 0.25) is 0 Å². The molecule has 0 fully saturated rings. The molecule has 6 heteroatoms. The molecule has 0 aliphatic rings. The van der Waals surface area contributed by atoms with Crippen LogP contribution in [-0.4, -0.2) is 35.8 Å². The van der Waals surface area contributed by atoms with Crippen molar-refractivity contribution in [1.82, 2.24) is 10.3 Å². The third-order valence-corrected chi connectivity index (χ3v) is 4.51. The van der Waals surface area contributed by atoms with Gasteiger partial charge in [-0.25, -0.2) is 0 Å². The number of aliphatic carboxylic acids is 1. The van der Waals surface area contributed by atoms with Crippen molar-refractivity contribution in [1.29, 1.82) is 0 Å². The van der Waals surface area contributed by atoms with Crippen molar-refractivity contribution < 1.29 is 19.4 Å². The number of benzene rings is 2. The second-order valence-electron chi connectivity index (χ2n) is 6.22. The minimum Gasteiger partial charge on any atom is -0.493 e. The van der Waals surface area contributed by atoms with E-state index in [-0.39, 0.29) is 0 Å². The van der Waals surface area contributed by atoms with Crippen LogP contribution >= 0.6 is 0 Å². The van der Waals surface area contributed by atoms with E-state index in [2.05, 4.69) is 10.3 Å². The number of carbonyl (C=O) groups is 1. The Kier molecular flexibility index (Phi) is 5.98. The Balaban J connectivity index is 1.77. The first-order valence-electron chi connectivity index (χ1n) is 8.93. The smallest absolute Gasteiger partial charge is 0.321 e. The summed E-state index contributed by atoms with van der Waals surface area (Å²) in [5.41, 5.74) is 2.84. The summed E-state index contributed by atoms with van der Waals surface area (Å²) in [5.74, 6) is 0.395. The second-order valence-corrected chi connectivity index (χ2v) is 6.22. The van der Waals surface area contributed by atoms with E-state index in [1.807, 2.05) is 55.6 Å². The number of H-pyrrole nitrogens is 1. The molecule has 2 aromatic carbocycles. The zero-order chi connectivity index (χ0) is 19.2. The lowest BCUT2D eigenvalue weighted by molar-refractivity contribution is -0.139. The second kappa shape index (κ2) is 8.60. The standard InChI is InChI=1S/C21H24N2O4/c1-3-27-20-14(7-6-10-19(20)26-2)12-23-18(21(24)25)11-15-13-22-17-9-5-4-8-16(15)17/h4-10,13,18,22-23H,3,11-12H2,1-2H3,(H,24,25). The van der Waals surface area contributed by atoms with Crippen molar-refractivity contribution in [2.75, 3.05) is 13.7 Å². The molecule has 1 unspecified atom stereocenters.